The highest BCUT2D eigenvalue weighted by atomic mass is 79.9. The number of hydrogen-bond donors (Lipinski definition) is 1. The Labute approximate surface area is 128 Å². The summed E-state index contributed by atoms with van der Waals surface area (Å²) < 4.78 is 0.821. The maximum absolute atomic E-state index is 12.5. The number of carbonyl (C=O) groups is 1. The molecule has 104 valence electrons. The minimum absolute atomic E-state index is 0.00959. The van der Waals surface area contributed by atoms with E-state index < -0.39 is 0 Å². The van der Waals surface area contributed by atoms with Gasteiger partial charge in [-0.2, -0.15) is 0 Å². The van der Waals surface area contributed by atoms with E-state index in [0.29, 0.717) is 11.3 Å². The fraction of sp³-hybridized carbons (Fsp3) is 0.235. The molecule has 2 N–H and O–H groups in total. The van der Waals surface area contributed by atoms with Crippen LogP contribution in [0.25, 0.3) is 0 Å². The van der Waals surface area contributed by atoms with Gasteiger partial charge >= 0.3 is 0 Å². The molecule has 0 radical (unpaired) electrons. The largest absolute Gasteiger partial charge is 0.399 e. The second-order valence-electron chi connectivity index (χ2n) is 4.79. The van der Waals surface area contributed by atoms with Crippen LogP contribution in [0.4, 0.5) is 5.69 Å². The van der Waals surface area contributed by atoms with Gasteiger partial charge in [0.15, 0.2) is 5.78 Å². The SMILES string of the molecule is CCc1ccc(C(=O)c2cc(N)cc(Br)c2)cc1CC. The highest BCUT2D eigenvalue weighted by Gasteiger charge is 2.12. The first-order chi connectivity index (χ1) is 9.55. The van der Waals surface area contributed by atoms with Gasteiger partial charge in [0.05, 0.1) is 0 Å². The average molecular weight is 332 g/mol. The Morgan fingerprint density at radius 2 is 1.70 bits per heavy atom. The van der Waals surface area contributed by atoms with Crippen molar-refractivity contribution in [1.29, 1.82) is 0 Å². The second-order valence-corrected chi connectivity index (χ2v) is 5.71. The molecule has 0 saturated heterocycles. The highest BCUT2D eigenvalue weighted by Crippen LogP contribution is 2.21. The minimum Gasteiger partial charge on any atom is -0.399 e. The van der Waals surface area contributed by atoms with Crippen molar-refractivity contribution >= 4 is 27.4 Å². The summed E-state index contributed by atoms with van der Waals surface area (Å²) in [4.78, 5) is 12.5. The zero-order valence-electron chi connectivity index (χ0n) is 11.7. The molecule has 0 unspecified atom stereocenters. The summed E-state index contributed by atoms with van der Waals surface area (Å²) in [5.74, 6) is 0.00959. The molecule has 0 fully saturated rings. The predicted octanol–water partition coefficient (Wildman–Crippen LogP) is 4.39. The van der Waals surface area contributed by atoms with E-state index in [9.17, 15) is 4.79 Å². The van der Waals surface area contributed by atoms with E-state index in [-0.39, 0.29) is 5.78 Å². The highest BCUT2D eigenvalue weighted by molar-refractivity contribution is 9.10. The van der Waals surface area contributed by atoms with Crippen LogP contribution in [0.5, 0.6) is 0 Å². The molecular weight excluding hydrogens is 314 g/mol. The normalized spacial score (nSPS) is 10.6. The maximum atomic E-state index is 12.5. The lowest BCUT2D eigenvalue weighted by Gasteiger charge is -2.09. The molecule has 0 amide bonds. The van der Waals surface area contributed by atoms with E-state index in [0.717, 1.165) is 22.9 Å². The zero-order valence-corrected chi connectivity index (χ0v) is 13.3. The fourth-order valence-electron chi connectivity index (χ4n) is 2.35. The van der Waals surface area contributed by atoms with Gasteiger partial charge in [-0.3, -0.25) is 4.79 Å². The summed E-state index contributed by atoms with van der Waals surface area (Å²) in [5, 5.41) is 0. The van der Waals surface area contributed by atoms with E-state index in [1.54, 1.807) is 18.2 Å². The predicted molar refractivity (Wildman–Crippen MR) is 87.2 cm³/mol. The lowest BCUT2D eigenvalue weighted by molar-refractivity contribution is 0.103. The van der Waals surface area contributed by atoms with Gasteiger partial charge in [-0.05, 0) is 48.2 Å². The van der Waals surface area contributed by atoms with Gasteiger partial charge in [0.1, 0.15) is 0 Å². The monoisotopic (exact) mass is 331 g/mol. The molecule has 0 spiro atoms. The first-order valence-electron chi connectivity index (χ1n) is 6.77. The van der Waals surface area contributed by atoms with Crippen LogP contribution in [0.3, 0.4) is 0 Å². The summed E-state index contributed by atoms with van der Waals surface area (Å²) in [6.07, 6.45) is 1.92. The molecule has 0 atom stereocenters. The number of anilines is 1. The molecule has 0 aliphatic carbocycles. The Bertz CT molecular complexity index is 629. The summed E-state index contributed by atoms with van der Waals surface area (Å²) in [6.45, 7) is 4.24. The number of carbonyl (C=O) groups excluding carboxylic acids is 1. The van der Waals surface area contributed by atoms with Gasteiger partial charge in [-0.15, -0.1) is 0 Å². The molecule has 0 aliphatic rings. The van der Waals surface area contributed by atoms with Crippen LogP contribution in [0, 0.1) is 0 Å². The van der Waals surface area contributed by atoms with Crippen molar-refractivity contribution in [2.45, 2.75) is 26.7 Å². The van der Waals surface area contributed by atoms with Gasteiger partial charge in [0.2, 0.25) is 0 Å². The lowest BCUT2D eigenvalue weighted by atomic mass is 9.96. The number of nitrogen functional groups attached to an aromatic ring is 1. The third-order valence-corrected chi connectivity index (χ3v) is 3.87. The van der Waals surface area contributed by atoms with Crippen molar-refractivity contribution in [1.82, 2.24) is 0 Å². The van der Waals surface area contributed by atoms with Crippen LogP contribution in [-0.4, -0.2) is 5.78 Å². The fourth-order valence-corrected chi connectivity index (χ4v) is 2.86. The number of nitrogens with two attached hydrogens (primary N) is 1. The molecule has 0 aliphatic heterocycles. The summed E-state index contributed by atoms with van der Waals surface area (Å²) in [6, 6.07) is 11.3. The van der Waals surface area contributed by atoms with Crippen LogP contribution < -0.4 is 5.73 Å². The molecule has 0 heterocycles. The standard InChI is InChI=1S/C17H18BrNO/c1-3-11-5-6-13(7-12(11)4-2)17(20)14-8-15(18)10-16(19)9-14/h5-10H,3-4,19H2,1-2H3. The van der Waals surface area contributed by atoms with Gasteiger partial charge in [-0.1, -0.05) is 41.9 Å². The van der Waals surface area contributed by atoms with E-state index >= 15 is 0 Å². The van der Waals surface area contributed by atoms with Crippen molar-refractivity contribution in [2.24, 2.45) is 0 Å². The zero-order chi connectivity index (χ0) is 14.7. The van der Waals surface area contributed by atoms with Crippen LogP contribution in [0.2, 0.25) is 0 Å². The molecular formula is C17H18BrNO. The van der Waals surface area contributed by atoms with E-state index in [1.165, 1.54) is 11.1 Å². The Morgan fingerprint density at radius 3 is 2.30 bits per heavy atom. The van der Waals surface area contributed by atoms with Crippen molar-refractivity contribution in [2.75, 3.05) is 5.73 Å². The summed E-state index contributed by atoms with van der Waals surface area (Å²) in [5.41, 5.74) is 10.3. The number of benzene rings is 2. The van der Waals surface area contributed by atoms with Crippen LogP contribution >= 0.6 is 15.9 Å². The van der Waals surface area contributed by atoms with E-state index in [1.807, 2.05) is 18.2 Å². The van der Waals surface area contributed by atoms with Crippen molar-refractivity contribution in [3.05, 3.63) is 63.1 Å². The van der Waals surface area contributed by atoms with Crippen LogP contribution in [0.15, 0.2) is 40.9 Å². The molecule has 0 bridgehead atoms. The average Bonchev–Trinajstić information content (AvgIpc) is 2.44. The third kappa shape index (κ3) is 3.10. The molecule has 2 nitrogen and oxygen atoms in total. The van der Waals surface area contributed by atoms with Crippen molar-refractivity contribution in [3.8, 4) is 0 Å². The van der Waals surface area contributed by atoms with Gasteiger partial charge in [0.25, 0.3) is 0 Å². The lowest BCUT2D eigenvalue weighted by Crippen LogP contribution is -2.04. The van der Waals surface area contributed by atoms with Gasteiger partial charge in [-0.25, -0.2) is 0 Å². The third-order valence-electron chi connectivity index (χ3n) is 3.41. The van der Waals surface area contributed by atoms with E-state index in [2.05, 4.69) is 29.8 Å². The van der Waals surface area contributed by atoms with E-state index in [4.69, 9.17) is 5.73 Å². The molecule has 0 aromatic heterocycles. The quantitative estimate of drug-likeness (QED) is 0.667. The van der Waals surface area contributed by atoms with Gasteiger partial charge in [0, 0.05) is 21.3 Å². The molecule has 0 saturated carbocycles. The number of aryl methyl sites for hydroxylation is 2. The Kier molecular flexibility index (Phi) is 4.61. The molecule has 3 heteroatoms. The van der Waals surface area contributed by atoms with Crippen molar-refractivity contribution in [3.63, 3.8) is 0 Å². The number of rotatable bonds is 4. The summed E-state index contributed by atoms with van der Waals surface area (Å²) in [7, 11) is 0. The Balaban J connectivity index is 2.42. The van der Waals surface area contributed by atoms with Crippen molar-refractivity contribution < 1.29 is 4.79 Å². The molecule has 2 aromatic carbocycles. The Morgan fingerprint density at radius 1 is 1.00 bits per heavy atom. The molecule has 2 rings (SSSR count). The maximum Gasteiger partial charge on any atom is 0.193 e. The molecule has 2 aromatic rings. The number of hydrogen-bond acceptors (Lipinski definition) is 2. The number of halogens is 1. The van der Waals surface area contributed by atoms with Gasteiger partial charge < -0.3 is 5.73 Å². The molecule has 20 heavy (non-hydrogen) atoms. The topological polar surface area (TPSA) is 43.1 Å². The van der Waals surface area contributed by atoms with Crippen LogP contribution in [0.1, 0.15) is 40.9 Å². The second kappa shape index (κ2) is 6.23. The summed E-state index contributed by atoms with van der Waals surface area (Å²) >= 11 is 3.37. The first kappa shape index (κ1) is 14.8. The smallest absolute Gasteiger partial charge is 0.193 e. The van der Waals surface area contributed by atoms with Crippen LogP contribution in [-0.2, 0) is 12.8 Å². The number of ketones is 1. The Hall–Kier alpha value is -1.61. The minimum atomic E-state index is 0.00959. The first-order valence-corrected chi connectivity index (χ1v) is 7.57.